The maximum Gasteiger partial charge on any atom is 0.223 e. The zero-order chi connectivity index (χ0) is 12.3. The van der Waals surface area contributed by atoms with Crippen LogP contribution in [0, 0.1) is 17.8 Å². The largest absolute Gasteiger partial charge is 0.390 e. The highest BCUT2D eigenvalue weighted by atomic mass is 16.3. The molecule has 0 spiro atoms. The van der Waals surface area contributed by atoms with Crippen molar-refractivity contribution in [2.24, 2.45) is 17.8 Å². The lowest BCUT2D eigenvalue weighted by Gasteiger charge is -2.40. The van der Waals surface area contributed by atoms with Gasteiger partial charge in [-0.2, -0.15) is 0 Å². The molecule has 3 heteroatoms. The second kappa shape index (κ2) is 5.17. The highest BCUT2D eigenvalue weighted by Crippen LogP contribution is 2.39. The van der Waals surface area contributed by atoms with Crippen molar-refractivity contribution in [3.63, 3.8) is 0 Å². The number of amides is 1. The lowest BCUT2D eigenvalue weighted by atomic mass is 9.68. The van der Waals surface area contributed by atoms with E-state index in [1.807, 2.05) is 20.8 Å². The molecule has 0 unspecified atom stereocenters. The monoisotopic (exact) mass is 227 g/mol. The predicted octanol–water partition coefficient (Wildman–Crippen LogP) is 1.95. The Morgan fingerprint density at radius 1 is 1.44 bits per heavy atom. The van der Waals surface area contributed by atoms with Crippen LogP contribution in [-0.4, -0.2) is 23.2 Å². The maximum absolute atomic E-state index is 12.0. The molecule has 1 aliphatic carbocycles. The van der Waals surface area contributed by atoms with Gasteiger partial charge in [-0.3, -0.25) is 4.79 Å². The second-order valence-electron chi connectivity index (χ2n) is 5.68. The third-order valence-electron chi connectivity index (χ3n) is 3.71. The van der Waals surface area contributed by atoms with Gasteiger partial charge in [-0.05, 0) is 45.4 Å². The Hall–Kier alpha value is -0.570. The molecule has 1 amide bonds. The minimum Gasteiger partial charge on any atom is -0.390 e. The SMILES string of the molecule is CCNC(=O)[C@H]1C[C@H](C)CC[C@H]1C(C)(C)O. The van der Waals surface area contributed by atoms with E-state index in [0.717, 1.165) is 19.3 Å². The van der Waals surface area contributed by atoms with Gasteiger partial charge in [0.05, 0.1) is 5.60 Å². The molecule has 1 saturated carbocycles. The summed E-state index contributed by atoms with van der Waals surface area (Å²) < 4.78 is 0. The fourth-order valence-corrected chi connectivity index (χ4v) is 2.82. The summed E-state index contributed by atoms with van der Waals surface area (Å²) in [6.07, 6.45) is 2.97. The minimum absolute atomic E-state index is 0.0244. The van der Waals surface area contributed by atoms with Crippen LogP contribution in [0.4, 0.5) is 0 Å². The van der Waals surface area contributed by atoms with Crippen LogP contribution < -0.4 is 5.32 Å². The van der Waals surface area contributed by atoms with Gasteiger partial charge in [-0.25, -0.2) is 0 Å². The van der Waals surface area contributed by atoms with Crippen LogP contribution >= 0.6 is 0 Å². The summed E-state index contributed by atoms with van der Waals surface area (Å²) in [6, 6.07) is 0. The van der Waals surface area contributed by atoms with Crippen molar-refractivity contribution in [2.45, 2.75) is 52.6 Å². The summed E-state index contributed by atoms with van der Waals surface area (Å²) in [4.78, 5) is 12.0. The summed E-state index contributed by atoms with van der Waals surface area (Å²) >= 11 is 0. The normalized spacial score (nSPS) is 31.2. The molecule has 0 radical (unpaired) electrons. The Bertz CT molecular complexity index is 245. The van der Waals surface area contributed by atoms with Gasteiger partial charge >= 0.3 is 0 Å². The molecule has 2 N–H and O–H groups in total. The molecule has 0 aliphatic heterocycles. The van der Waals surface area contributed by atoms with Crippen LogP contribution in [0.1, 0.15) is 47.0 Å². The van der Waals surface area contributed by atoms with Crippen LogP contribution in [0.2, 0.25) is 0 Å². The fraction of sp³-hybridized carbons (Fsp3) is 0.923. The fourth-order valence-electron chi connectivity index (χ4n) is 2.82. The second-order valence-corrected chi connectivity index (χ2v) is 5.68. The van der Waals surface area contributed by atoms with E-state index in [-0.39, 0.29) is 17.7 Å². The Labute approximate surface area is 98.6 Å². The lowest BCUT2D eigenvalue weighted by molar-refractivity contribution is -0.134. The maximum atomic E-state index is 12.0. The standard InChI is InChI=1S/C13H25NO2/c1-5-14-12(15)10-8-9(2)6-7-11(10)13(3,4)16/h9-11,16H,5-8H2,1-4H3,(H,14,15)/t9-,10+,11-/m1/s1. The highest BCUT2D eigenvalue weighted by molar-refractivity contribution is 5.79. The van der Waals surface area contributed by atoms with Crippen molar-refractivity contribution >= 4 is 5.91 Å². The first-order valence-corrected chi connectivity index (χ1v) is 6.36. The van der Waals surface area contributed by atoms with E-state index in [2.05, 4.69) is 12.2 Å². The van der Waals surface area contributed by atoms with Crippen LogP contribution in [0.25, 0.3) is 0 Å². The van der Waals surface area contributed by atoms with Gasteiger partial charge in [0, 0.05) is 12.5 Å². The van der Waals surface area contributed by atoms with Crippen molar-refractivity contribution in [1.29, 1.82) is 0 Å². The zero-order valence-corrected chi connectivity index (χ0v) is 10.9. The first-order chi connectivity index (χ1) is 7.36. The van der Waals surface area contributed by atoms with Crippen molar-refractivity contribution in [2.75, 3.05) is 6.54 Å². The van der Waals surface area contributed by atoms with E-state index in [9.17, 15) is 9.90 Å². The average molecular weight is 227 g/mol. The third-order valence-corrected chi connectivity index (χ3v) is 3.71. The van der Waals surface area contributed by atoms with Gasteiger partial charge < -0.3 is 10.4 Å². The predicted molar refractivity (Wildman–Crippen MR) is 65.0 cm³/mol. The molecule has 1 aliphatic rings. The molecule has 0 heterocycles. The molecule has 0 saturated heterocycles. The van der Waals surface area contributed by atoms with Crippen LogP contribution in [-0.2, 0) is 4.79 Å². The number of rotatable bonds is 3. The summed E-state index contributed by atoms with van der Waals surface area (Å²) in [5, 5.41) is 13.0. The van der Waals surface area contributed by atoms with Crippen molar-refractivity contribution in [3.05, 3.63) is 0 Å². The van der Waals surface area contributed by atoms with Crippen molar-refractivity contribution in [1.82, 2.24) is 5.32 Å². The van der Waals surface area contributed by atoms with Crippen LogP contribution in [0.5, 0.6) is 0 Å². The molecule has 3 atom stereocenters. The Balaban J connectivity index is 2.77. The van der Waals surface area contributed by atoms with Gasteiger partial charge in [0.2, 0.25) is 5.91 Å². The molecular formula is C13H25NO2. The smallest absolute Gasteiger partial charge is 0.223 e. The first kappa shape index (κ1) is 13.5. The molecule has 0 bridgehead atoms. The van der Waals surface area contributed by atoms with Crippen LogP contribution in [0.15, 0.2) is 0 Å². The van der Waals surface area contributed by atoms with Crippen LogP contribution in [0.3, 0.4) is 0 Å². The number of carbonyl (C=O) groups excluding carboxylic acids is 1. The van der Waals surface area contributed by atoms with E-state index < -0.39 is 5.60 Å². The number of aliphatic hydroxyl groups is 1. The van der Waals surface area contributed by atoms with Gasteiger partial charge in [0.15, 0.2) is 0 Å². The molecule has 0 aromatic carbocycles. The molecule has 1 fully saturated rings. The molecule has 0 aromatic rings. The molecule has 94 valence electrons. The summed E-state index contributed by atoms with van der Waals surface area (Å²) in [6.45, 7) is 8.43. The molecule has 16 heavy (non-hydrogen) atoms. The Morgan fingerprint density at radius 2 is 2.06 bits per heavy atom. The van der Waals surface area contributed by atoms with Gasteiger partial charge in [0.25, 0.3) is 0 Å². The van der Waals surface area contributed by atoms with E-state index in [1.54, 1.807) is 0 Å². The van der Waals surface area contributed by atoms with Gasteiger partial charge in [-0.15, -0.1) is 0 Å². The molecular weight excluding hydrogens is 202 g/mol. The van der Waals surface area contributed by atoms with Gasteiger partial charge in [-0.1, -0.05) is 13.3 Å². The third kappa shape index (κ3) is 3.21. The topological polar surface area (TPSA) is 49.3 Å². The minimum atomic E-state index is -0.754. The van der Waals surface area contributed by atoms with Gasteiger partial charge in [0.1, 0.15) is 0 Å². The summed E-state index contributed by atoms with van der Waals surface area (Å²) in [5.74, 6) is 0.770. The van der Waals surface area contributed by atoms with Crippen molar-refractivity contribution in [3.8, 4) is 0 Å². The van der Waals surface area contributed by atoms with E-state index in [0.29, 0.717) is 12.5 Å². The molecule has 3 nitrogen and oxygen atoms in total. The highest BCUT2D eigenvalue weighted by Gasteiger charge is 2.41. The molecule has 1 rings (SSSR count). The summed E-state index contributed by atoms with van der Waals surface area (Å²) in [7, 11) is 0. The zero-order valence-electron chi connectivity index (χ0n) is 10.9. The molecule has 0 aromatic heterocycles. The summed E-state index contributed by atoms with van der Waals surface area (Å²) in [5.41, 5.74) is -0.754. The van der Waals surface area contributed by atoms with E-state index in [4.69, 9.17) is 0 Å². The Morgan fingerprint density at radius 3 is 2.56 bits per heavy atom. The number of nitrogens with one attached hydrogen (secondary N) is 1. The number of hydrogen-bond donors (Lipinski definition) is 2. The average Bonchev–Trinajstić information content (AvgIpc) is 2.16. The van der Waals surface area contributed by atoms with Crippen molar-refractivity contribution < 1.29 is 9.90 Å². The lowest BCUT2D eigenvalue weighted by Crippen LogP contribution is -2.46. The quantitative estimate of drug-likeness (QED) is 0.774. The van der Waals surface area contributed by atoms with E-state index in [1.165, 1.54) is 0 Å². The van der Waals surface area contributed by atoms with E-state index >= 15 is 0 Å². The number of hydrogen-bond acceptors (Lipinski definition) is 2. The first-order valence-electron chi connectivity index (χ1n) is 6.36. The Kier molecular flexibility index (Phi) is 4.36. The number of carbonyl (C=O) groups is 1.